The molecule has 1 rings (SSSR count). The molecule has 1 aromatic rings. The number of sulfonamides is 1. The van der Waals surface area contributed by atoms with E-state index >= 15 is 0 Å². The SMILES string of the molecule is CCc1ccc(S(=O)(=O)NCC(O)C(=O)O)s1. The summed E-state index contributed by atoms with van der Waals surface area (Å²) in [6.07, 6.45) is -1.01. The van der Waals surface area contributed by atoms with Crippen LogP contribution >= 0.6 is 11.3 Å². The Hall–Kier alpha value is -0.960. The maximum absolute atomic E-state index is 11.7. The highest BCUT2D eigenvalue weighted by Gasteiger charge is 2.20. The van der Waals surface area contributed by atoms with Gasteiger partial charge in [-0.2, -0.15) is 0 Å². The first-order valence-corrected chi connectivity index (χ1v) is 7.16. The van der Waals surface area contributed by atoms with Crippen molar-refractivity contribution in [2.24, 2.45) is 0 Å². The van der Waals surface area contributed by atoms with E-state index in [4.69, 9.17) is 10.2 Å². The largest absolute Gasteiger partial charge is 0.479 e. The van der Waals surface area contributed by atoms with E-state index in [1.165, 1.54) is 6.07 Å². The van der Waals surface area contributed by atoms with E-state index < -0.39 is 28.6 Å². The molecule has 6 nitrogen and oxygen atoms in total. The Labute approximate surface area is 103 Å². The summed E-state index contributed by atoms with van der Waals surface area (Å²) in [5, 5.41) is 17.4. The lowest BCUT2D eigenvalue weighted by atomic mass is 10.4. The lowest BCUT2D eigenvalue weighted by molar-refractivity contribution is -0.146. The fraction of sp³-hybridized carbons (Fsp3) is 0.444. The molecule has 1 unspecified atom stereocenters. The lowest BCUT2D eigenvalue weighted by Crippen LogP contribution is -2.36. The molecule has 0 aliphatic carbocycles. The number of aryl methyl sites for hydroxylation is 1. The molecule has 0 saturated heterocycles. The van der Waals surface area contributed by atoms with Gasteiger partial charge in [-0.05, 0) is 18.6 Å². The summed E-state index contributed by atoms with van der Waals surface area (Å²) in [6, 6.07) is 3.16. The number of aliphatic hydroxyl groups is 1. The predicted octanol–water partition coefficient (Wildman–Crippen LogP) is 0.0343. The molecule has 0 amide bonds. The smallest absolute Gasteiger partial charge is 0.333 e. The highest BCUT2D eigenvalue weighted by atomic mass is 32.2. The van der Waals surface area contributed by atoms with Crippen LogP contribution in [0.2, 0.25) is 0 Å². The molecule has 0 aliphatic rings. The van der Waals surface area contributed by atoms with Gasteiger partial charge in [-0.1, -0.05) is 6.92 Å². The highest BCUT2D eigenvalue weighted by molar-refractivity contribution is 7.91. The Bertz CT molecular complexity index is 493. The third kappa shape index (κ3) is 3.77. The third-order valence-electron chi connectivity index (χ3n) is 2.00. The summed E-state index contributed by atoms with van der Waals surface area (Å²) in [4.78, 5) is 11.2. The van der Waals surface area contributed by atoms with Gasteiger partial charge >= 0.3 is 5.97 Å². The summed E-state index contributed by atoms with van der Waals surface area (Å²) in [5.74, 6) is -1.46. The molecule has 17 heavy (non-hydrogen) atoms. The number of rotatable bonds is 6. The number of hydrogen-bond acceptors (Lipinski definition) is 5. The molecule has 1 aromatic heterocycles. The Morgan fingerprint density at radius 3 is 2.65 bits per heavy atom. The first kappa shape index (κ1) is 14.1. The number of carbonyl (C=O) groups is 1. The van der Waals surface area contributed by atoms with Crippen molar-refractivity contribution in [3.63, 3.8) is 0 Å². The lowest BCUT2D eigenvalue weighted by Gasteiger charge is -2.06. The Morgan fingerprint density at radius 1 is 1.53 bits per heavy atom. The summed E-state index contributed by atoms with van der Waals surface area (Å²) in [5.41, 5.74) is 0. The predicted molar refractivity (Wildman–Crippen MR) is 62.5 cm³/mol. The quantitative estimate of drug-likeness (QED) is 0.682. The maximum atomic E-state index is 11.7. The zero-order chi connectivity index (χ0) is 13.1. The molecule has 0 radical (unpaired) electrons. The molecule has 1 atom stereocenters. The number of aliphatic hydroxyl groups excluding tert-OH is 1. The number of hydrogen-bond donors (Lipinski definition) is 3. The van der Waals surface area contributed by atoms with Crippen LogP contribution in [0.3, 0.4) is 0 Å². The van der Waals surface area contributed by atoms with Crippen molar-refractivity contribution in [1.82, 2.24) is 4.72 Å². The van der Waals surface area contributed by atoms with Crippen LogP contribution in [-0.4, -0.2) is 37.2 Å². The van der Waals surface area contributed by atoms with Crippen LogP contribution in [0.5, 0.6) is 0 Å². The molecular weight excluding hydrogens is 266 g/mol. The monoisotopic (exact) mass is 279 g/mol. The minimum absolute atomic E-state index is 0.118. The van der Waals surface area contributed by atoms with Gasteiger partial charge in [0.25, 0.3) is 0 Å². The summed E-state index contributed by atoms with van der Waals surface area (Å²) in [7, 11) is -3.73. The van der Waals surface area contributed by atoms with E-state index in [1.807, 2.05) is 11.6 Å². The first-order chi connectivity index (χ1) is 7.86. The molecule has 96 valence electrons. The van der Waals surface area contributed by atoms with Gasteiger partial charge in [-0.15, -0.1) is 11.3 Å². The van der Waals surface area contributed by atoms with Gasteiger partial charge in [-0.25, -0.2) is 17.9 Å². The van der Waals surface area contributed by atoms with E-state index in [-0.39, 0.29) is 4.21 Å². The number of aliphatic carboxylic acids is 1. The fourth-order valence-electron chi connectivity index (χ4n) is 1.04. The normalized spacial score (nSPS) is 13.5. The molecule has 0 spiro atoms. The molecule has 3 N–H and O–H groups in total. The van der Waals surface area contributed by atoms with Crippen molar-refractivity contribution in [3.8, 4) is 0 Å². The van der Waals surface area contributed by atoms with Crippen LogP contribution < -0.4 is 4.72 Å². The Kier molecular flexibility index (Phi) is 4.63. The van der Waals surface area contributed by atoms with Crippen molar-refractivity contribution >= 4 is 27.3 Å². The minimum atomic E-state index is -3.73. The standard InChI is InChI=1S/C9H13NO5S2/c1-2-6-3-4-8(16-6)17(14,15)10-5-7(11)9(12)13/h3-4,7,10-11H,2,5H2,1H3,(H,12,13). The van der Waals surface area contributed by atoms with Crippen molar-refractivity contribution < 1.29 is 23.4 Å². The van der Waals surface area contributed by atoms with Crippen molar-refractivity contribution in [2.75, 3.05) is 6.54 Å². The van der Waals surface area contributed by atoms with E-state index in [1.54, 1.807) is 6.07 Å². The number of nitrogens with one attached hydrogen (secondary N) is 1. The first-order valence-electron chi connectivity index (χ1n) is 4.86. The van der Waals surface area contributed by atoms with Gasteiger partial charge < -0.3 is 10.2 Å². The highest BCUT2D eigenvalue weighted by Crippen LogP contribution is 2.21. The molecule has 0 bridgehead atoms. The van der Waals surface area contributed by atoms with E-state index in [9.17, 15) is 13.2 Å². The number of carboxylic acids is 1. The van der Waals surface area contributed by atoms with Crippen LogP contribution in [0.1, 0.15) is 11.8 Å². The maximum Gasteiger partial charge on any atom is 0.333 e. The fourth-order valence-corrected chi connectivity index (χ4v) is 3.42. The zero-order valence-electron chi connectivity index (χ0n) is 9.08. The molecule has 0 fully saturated rings. The van der Waals surface area contributed by atoms with Crippen LogP contribution in [0.15, 0.2) is 16.3 Å². The topological polar surface area (TPSA) is 104 Å². The van der Waals surface area contributed by atoms with Gasteiger partial charge in [0.05, 0.1) is 0 Å². The van der Waals surface area contributed by atoms with Gasteiger partial charge in [0, 0.05) is 11.4 Å². The molecule has 0 saturated carbocycles. The third-order valence-corrected chi connectivity index (χ3v) is 5.15. The molecule has 8 heteroatoms. The minimum Gasteiger partial charge on any atom is -0.479 e. The van der Waals surface area contributed by atoms with E-state index in [0.717, 1.165) is 22.6 Å². The molecule has 1 heterocycles. The van der Waals surface area contributed by atoms with E-state index in [2.05, 4.69) is 0 Å². The molecule has 0 aromatic carbocycles. The molecule has 0 aliphatic heterocycles. The average molecular weight is 279 g/mol. The second-order valence-electron chi connectivity index (χ2n) is 3.28. The average Bonchev–Trinajstić information content (AvgIpc) is 2.75. The van der Waals surface area contributed by atoms with Crippen LogP contribution in [0, 0.1) is 0 Å². The second kappa shape index (κ2) is 5.58. The number of thiophene rings is 1. The van der Waals surface area contributed by atoms with Crippen LogP contribution in [-0.2, 0) is 21.2 Å². The number of carboxylic acid groups (broad SMARTS) is 1. The van der Waals surface area contributed by atoms with Gasteiger partial charge in [-0.3, -0.25) is 0 Å². The van der Waals surface area contributed by atoms with Crippen LogP contribution in [0.4, 0.5) is 0 Å². The molecular formula is C9H13NO5S2. The van der Waals surface area contributed by atoms with Crippen LogP contribution in [0.25, 0.3) is 0 Å². The van der Waals surface area contributed by atoms with Gasteiger partial charge in [0.15, 0.2) is 6.10 Å². The Morgan fingerprint density at radius 2 is 2.18 bits per heavy atom. The Balaban J connectivity index is 2.72. The van der Waals surface area contributed by atoms with Crippen molar-refractivity contribution in [1.29, 1.82) is 0 Å². The second-order valence-corrected chi connectivity index (χ2v) is 6.44. The van der Waals surface area contributed by atoms with E-state index in [0.29, 0.717) is 0 Å². The zero-order valence-corrected chi connectivity index (χ0v) is 10.7. The van der Waals surface area contributed by atoms with Gasteiger partial charge in [0.1, 0.15) is 4.21 Å². The summed E-state index contributed by atoms with van der Waals surface area (Å²) < 4.78 is 25.5. The van der Waals surface area contributed by atoms with Crippen molar-refractivity contribution in [2.45, 2.75) is 23.7 Å². The summed E-state index contributed by atoms with van der Waals surface area (Å²) in [6.45, 7) is 1.36. The van der Waals surface area contributed by atoms with Gasteiger partial charge in [0.2, 0.25) is 10.0 Å². The summed E-state index contributed by atoms with van der Waals surface area (Å²) >= 11 is 1.12. The van der Waals surface area contributed by atoms with Crippen molar-refractivity contribution in [3.05, 3.63) is 17.0 Å².